The summed E-state index contributed by atoms with van der Waals surface area (Å²) in [6, 6.07) is 7.21. The first kappa shape index (κ1) is 13.8. The van der Waals surface area contributed by atoms with Crippen molar-refractivity contribution in [2.24, 2.45) is 0 Å². The third-order valence-electron chi connectivity index (χ3n) is 3.06. The lowest BCUT2D eigenvalue weighted by Crippen LogP contribution is -2.31. The number of hydroxylamine groups is 2. The van der Waals surface area contributed by atoms with Gasteiger partial charge in [-0.2, -0.15) is 5.06 Å². The van der Waals surface area contributed by atoms with E-state index in [1.807, 2.05) is 17.2 Å². The van der Waals surface area contributed by atoms with E-state index >= 15 is 0 Å². The summed E-state index contributed by atoms with van der Waals surface area (Å²) in [4.78, 5) is 17.2. The van der Waals surface area contributed by atoms with Crippen molar-refractivity contribution >= 4 is 17.3 Å². The van der Waals surface area contributed by atoms with Gasteiger partial charge in [0.2, 0.25) is 5.91 Å². The summed E-state index contributed by atoms with van der Waals surface area (Å²) in [6.07, 6.45) is 3.60. The van der Waals surface area contributed by atoms with Crippen LogP contribution in [0.4, 0.5) is 11.4 Å². The van der Waals surface area contributed by atoms with E-state index in [0.717, 1.165) is 38.2 Å². The average molecular weight is 263 g/mol. The monoisotopic (exact) mass is 263 g/mol. The van der Waals surface area contributed by atoms with Crippen LogP contribution in [0.5, 0.6) is 0 Å². The Morgan fingerprint density at radius 2 is 2.32 bits per heavy atom. The molecule has 1 saturated heterocycles. The highest BCUT2D eigenvalue weighted by Gasteiger charge is 2.11. The topological polar surface area (TPSA) is 67.6 Å². The Morgan fingerprint density at radius 3 is 3.05 bits per heavy atom. The highest BCUT2D eigenvalue weighted by Crippen LogP contribution is 2.12. The molecule has 1 fully saturated rings. The van der Waals surface area contributed by atoms with Crippen molar-refractivity contribution < 1.29 is 9.63 Å². The summed E-state index contributed by atoms with van der Waals surface area (Å²) in [5.74, 6) is 0.0163. The molecule has 0 saturated carbocycles. The number of nitrogens with zero attached hydrogens (tertiary/aromatic N) is 1. The molecule has 19 heavy (non-hydrogen) atoms. The van der Waals surface area contributed by atoms with E-state index in [-0.39, 0.29) is 5.91 Å². The molecule has 1 amide bonds. The molecule has 0 bridgehead atoms. The molecule has 5 nitrogen and oxygen atoms in total. The molecule has 0 aromatic heterocycles. The van der Waals surface area contributed by atoms with E-state index in [2.05, 4.69) is 5.32 Å². The minimum Gasteiger partial charge on any atom is -0.399 e. The van der Waals surface area contributed by atoms with Gasteiger partial charge >= 0.3 is 0 Å². The number of nitrogens with two attached hydrogens (primary N) is 1. The van der Waals surface area contributed by atoms with Crippen LogP contribution in [0.25, 0.3) is 0 Å². The lowest BCUT2D eigenvalue weighted by atomic mass is 10.2. The minimum atomic E-state index is 0.0163. The number of amides is 1. The van der Waals surface area contributed by atoms with Crippen molar-refractivity contribution in [3.63, 3.8) is 0 Å². The van der Waals surface area contributed by atoms with Gasteiger partial charge in [-0.1, -0.05) is 6.07 Å². The quantitative estimate of drug-likeness (QED) is 0.797. The molecule has 5 heteroatoms. The van der Waals surface area contributed by atoms with Crippen molar-refractivity contribution in [3.8, 4) is 0 Å². The van der Waals surface area contributed by atoms with Crippen molar-refractivity contribution in [2.45, 2.75) is 25.7 Å². The first-order chi connectivity index (χ1) is 9.24. The number of carbonyl (C=O) groups is 1. The minimum absolute atomic E-state index is 0.0163. The Labute approximate surface area is 113 Å². The van der Waals surface area contributed by atoms with E-state index in [9.17, 15) is 4.79 Å². The second kappa shape index (κ2) is 7.11. The van der Waals surface area contributed by atoms with E-state index in [4.69, 9.17) is 10.6 Å². The van der Waals surface area contributed by atoms with Gasteiger partial charge in [0.25, 0.3) is 0 Å². The highest BCUT2D eigenvalue weighted by molar-refractivity contribution is 5.91. The molecule has 1 aliphatic rings. The Hall–Kier alpha value is -1.59. The Bertz CT molecular complexity index is 417. The van der Waals surface area contributed by atoms with Gasteiger partial charge in [0.1, 0.15) is 0 Å². The third kappa shape index (κ3) is 4.89. The summed E-state index contributed by atoms with van der Waals surface area (Å²) in [5.41, 5.74) is 7.06. The molecule has 0 aliphatic carbocycles. The second-order valence-corrected chi connectivity index (χ2v) is 4.75. The van der Waals surface area contributed by atoms with Crippen LogP contribution in [-0.4, -0.2) is 30.7 Å². The summed E-state index contributed by atoms with van der Waals surface area (Å²) in [6.45, 7) is 2.58. The van der Waals surface area contributed by atoms with Gasteiger partial charge in [0.15, 0.2) is 0 Å². The second-order valence-electron chi connectivity index (χ2n) is 4.75. The number of carbonyl (C=O) groups excluding carboxylic acids is 1. The maximum atomic E-state index is 11.8. The fourth-order valence-electron chi connectivity index (χ4n) is 2.08. The smallest absolute Gasteiger partial charge is 0.224 e. The highest BCUT2D eigenvalue weighted by atomic mass is 16.7. The van der Waals surface area contributed by atoms with Crippen molar-refractivity contribution in [3.05, 3.63) is 24.3 Å². The largest absolute Gasteiger partial charge is 0.399 e. The van der Waals surface area contributed by atoms with Gasteiger partial charge in [-0.15, -0.1) is 0 Å². The van der Waals surface area contributed by atoms with Crippen molar-refractivity contribution in [2.75, 3.05) is 30.7 Å². The van der Waals surface area contributed by atoms with Gasteiger partial charge in [0.05, 0.1) is 6.61 Å². The zero-order valence-corrected chi connectivity index (χ0v) is 11.1. The van der Waals surface area contributed by atoms with Crippen LogP contribution in [0.1, 0.15) is 25.7 Å². The predicted molar refractivity (Wildman–Crippen MR) is 75.5 cm³/mol. The summed E-state index contributed by atoms with van der Waals surface area (Å²) in [5, 5.41) is 4.80. The fraction of sp³-hybridized carbons (Fsp3) is 0.500. The molecule has 1 aromatic carbocycles. The number of benzene rings is 1. The van der Waals surface area contributed by atoms with E-state index in [1.165, 1.54) is 6.42 Å². The molecule has 1 aromatic rings. The molecule has 2 rings (SSSR count). The first-order valence-electron chi connectivity index (χ1n) is 6.77. The number of nitrogens with one attached hydrogen (secondary N) is 1. The van der Waals surface area contributed by atoms with Gasteiger partial charge < -0.3 is 11.1 Å². The zero-order chi connectivity index (χ0) is 13.5. The SMILES string of the molecule is Nc1cccc(NC(=O)CCCN2CCCCO2)c1. The standard InChI is InChI=1S/C14H21N3O2/c15-12-5-3-6-13(11-12)16-14(18)7-4-9-17-8-1-2-10-19-17/h3,5-6,11H,1-2,4,7-10,15H2,(H,16,18). The van der Waals surface area contributed by atoms with Crippen molar-refractivity contribution in [1.29, 1.82) is 0 Å². The normalized spacial score (nSPS) is 16.2. The molecule has 0 spiro atoms. The van der Waals surface area contributed by atoms with Crippen LogP contribution in [-0.2, 0) is 9.63 Å². The summed E-state index contributed by atoms with van der Waals surface area (Å²) >= 11 is 0. The van der Waals surface area contributed by atoms with Crippen molar-refractivity contribution in [1.82, 2.24) is 5.06 Å². The van der Waals surface area contributed by atoms with Crippen LogP contribution in [0.15, 0.2) is 24.3 Å². The van der Waals surface area contributed by atoms with Gasteiger partial charge in [0, 0.05) is 30.9 Å². The Morgan fingerprint density at radius 1 is 1.42 bits per heavy atom. The number of anilines is 2. The zero-order valence-electron chi connectivity index (χ0n) is 11.1. The Kier molecular flexibility index (Phi) is 5.18. The average Bonchev–Trinajstić information content (AvgIpc) is 2.40. The number of nitrogen functional groups attached to an aromatic ring is 1. The van der Waals surface area contributed by atoms with Gasteiger partial charge in [-0.05, 0) is 37.5 Å². The molecule has 1 aliphatic heterocycles. The third-order valence-corrected chi connectivity index (χ3v) is 3.06. The Balaban J connectivity index is 1.67. The maximum Gasteiger partial charge on any atom is 0.224 e. The van der Waals surface area contributed by atoms with Crippen LogP contribution < -0.4 is 11.1 Å². The number of hydrogen-bond donors (Lipinski definition) is 2. The van der Waals surface area contributed by atoms with Crippen LogP contribution in [0.3, 0.4) is 0 Å². The molecule has 0 unspecified atom stereocenters. The lowest BCUT2D eigenvalue weighted by molar-refractivity contribution is -0.180. The van der Waals surface area contributed by atoms with Gasteiger partial charge in [-0.3, -0.25) is 9.63 Å². The summed E-state index contributed by atoms with van der Waals surface area (Å²) in [7, 11) is 0. The van der Waals surface area contributed by atoms with Crippen LogP contribution in [0.2, 0.25) is 0 Å². The predicted octanol–water partition coefficient (Wildman–Crippen LogP) is 2.01. The van der Waals surface area contributed by atoms with E-state index < -0.39 is 0 Å². The van der Waals surface area contributed by atoms with Crippen LogP contribution in [0, 0.1) is 0 Å². The van der Waals surface area contributed by atoms with Crippen LogP contribution >= 0.6 is 0 Å². The molecule has 0 atom stereocenters. The maximum absolute atomic E-state index is 11.8. The van der Waals surface area contributed by atoms with Gasteiger partial charge in [-0.25, -0.2) is 0 Å². The summed E-state index contributed by atoms with van der Waals surface area (Å²) < 4.78 is 0. The molecular weight excluding hydrogens is 242 g/mol. The molecule has 104 valence electrons. The van der Waals surface area contributed by atoms with E-state index in [0.29, 0.717) is 12.1 Å². The number of hydrogen-bond acceptors (Lipinski definition) is 4. The molecule has 3 N–H and O–H groups in total. The first-order valence-corrected chi connectivity index (χ1v) is 6.77. The number of rotatable bonds is 5. The van der Waals surface area contributed by atoms with E-state index in [1.54, 1.807) is 12.1 Å². The lowest BCUT2D eigenvalue weighted by Gasteiger charge is -2.25. The fourth-order valence-corrected chi connectivity index (χ4v) is 2.08. The molecular formula is C14H21N3O2. The molecule has 0 radical (unpaired) electrons. The molecule has 1 heterocycles.